The average molecular weight is 757 g/mol. The average Bonchev–Trinajstić information content (AvgIpc) is 3.94. The first-order valence-electron chi connectivity index (χ1n) is 19.2. The van der Waals surface area contributed by atoms with Crippen LogP contribution in [0.25, 0.3) is 88.2 Å². The fraction of sp³-hybridized carbons (Fsp3) is 0.0385. The lowest BCUT2D eigenvalue weighted by molar-refractivity contribution is 0.665. The molecule has 0 N–H and O–H groups in total. The van der Waals surface area contributed by atoms with Crippen LogP contribution in [0.1, 0.15) is 40.3 Å². The number of rotatable bonds is 6. The molecule has 0 unspecified atom stereocenters. The fourth-order valence-electron chi connectivity index (χ4n) is 8.89. The Labute approximate surface area is 339 Å². The summed E-state index contributed by atoms with van der Waals surface area (Å²) in [7, 11) is 0. The van der Waals surface area contributed by atoms with Gasteiger partial charge in [0.2, 0.25) is 0 Å². The summed E-state index contributed by atoms with van der Waals surface area (Å²) in [6, 6.07) is 51.3. The number of hydrogen-bond donors (Lipinski definition) is 0. The number of aromatic nitrogens is 2. The molecule has 0 amide bonds. The molecule has 7 heteroatoms. The van der Waals surface area contributed by atoms with Gasteiger partial charge in [0.15, 0.2) is 5.58 Å². The maximum absolute atomic E-state index is 10.2. The third kappa shape index (κ3) is 5.15. The Morgan fingerprint density at radius 2 is 1.07 bits per heavy atom. The van der Waals surface area contributed by atoms with Gasteiger partial charge in [-0.2, -0.15) is 15.8 Å². The molecule has 10 rings (SSSR count). The van der Waals surface area contributed by atoms with Crippen LogP contribution in [0.4, 0.5) is 0 Å². The minimum absolute atomic E-state index is 0.214. The van der Waals surface area contributed by atoms with E-state index >= 15 is 0 Å². The highest BCUT2D eigenvalue weighted by atomic mass is 16.3. The zero-order valence-corrected chi connectivity index (χ0v) is 32.2. The topological polar surface area (TPSA) is 107 Å². The molecule has 0 fully saturated rings. The SMILES string of the molecule is C=C(/N=C\C(=C/C)c1c(C#N)cc(C#N)cc1C#N)c1c(-n2c3ccccc3c3ccccc32)c(C)c(-n2c3ccccc3c3ccccc32)c2oc3ccccc3c12. The van der Waals surface area contributed by atoms with Gasteiger partial charge in [-0.1, -0.05) is 104 Å². The quantitative estimate of drug-likeness (QED) is 0.157. The Bertz CT molecular complexity index is 3500. The molecule has 3 heterocycles. The molecule has 7 nitrogen and oxygen atoms in total. The van der Waals surface area contributed by atoms with Crippen molar-refractivity contribution >= 4 is 83.0 Å². The summed E-state index contributed by atoms with van der Waals surface area (Å²) in [6.45, 7) is 8.66. The fourth-order valence-corrected chi connectivity index (χ4v) is 8.89. The normalized spacial score (nSPS) is 11.9. The van der Waals surface area contributed by atoms with Gasteiger partial charge in [0.25, 0.3) is 0 Å². The van der Waals surface area contributed by atoms with Gasteiger partial charge in [-0.15, -0.1) is 0 Å². The summed E-state index contributed by atoms with van der Waals surface area (Å²) < 4.78 is 11.6. The number of allylic oxidation sites excluding steroid dienone is 2. The second kappa shape index (κ2) is 13.6. The molecule has 59 heavy (non-hydrogen) atoms. The molecule has 0 saturated carbocycles. The van der Waals surface area contributed by atoms with Gasteiger partial charge in [-0.25, -0.2) is 0 Å². The Morgan fingerprint density at radius 1 is 0.610 bits per heavy atom. The van der Waals surface area contributed by atoms with E-state index in [1.165, 1.54) is 12.1 Å². The van der Waals surface area contributed by atoms with Gasteiger partial charge in [0, 0.05) is 55.2 Å². The molecular weight excluding hydrogens is 725 g/mol. The standard InChI is InChI=1S/C52H32N6O/c1-4-34(48-35(28-54)25-33(27-53)26-36(48)29-55)30-56-32(3)47-49-41-19-9-14-24-46(41)59-52(49)51(58-44-22-12-7-17-39(44)40-18-8-13-23-45(40)58)31(2)50(47)57-42-20-10-5-15-37(42)38-16-6-11-21-43(38)57/h4-26,30H,3H2,1-2H3/b34-4+,56-30-. The monoisotopic (exact) mass is 756 g/mol. The first-order chi connectivity index (χ1) is 29.0. The van der Waals surface area contributed by atoms with Crippen molar-refractivity contribution in [3.05, 3.63) is 179 Å². The lowest BCUT2D eigenvalue weighted by atomic mass is 9.93. The highest BCUT2D eigenvalue weighted by Gasteiger charge is 2.29. The number of nitrogens with zero attached hydrogens (tertiary/aromatic N) is 6. The predicted octanol–water partition coefficient (Wildman–Crippen LogP) is 12.8. The molecule has 0 saturated heterocycles. The minimum atomic E-state index is 0.214. The van der Waals surface area contributed by atoms with E-state index in [2.05, 4.69) is 144 Å². The number of furan rings is 1. The smallest absolute Gasteiger partial charge is 0.160 e. The molecule has 0 atom stereocenters. The van der Waals surface area contributed by atoms with Crippen LogP contribution in [0.5, 0.6) is 0 Å². The van der Waals surface area contributed by atoms with Crippen LogP contribution >= 0.6 is 0 Å². The molecular formula is C52H32N6O. The molecule has 7 aromatic carbocycles. The number of aliphatic imine (C=N–C) groups is 1. The molecule has 276 valence electrons. The van der Waals surface area contributed by atoms with Crippen molar-refractivity contribution in [2.75, 3.05) is 0 Å². The number of fused-ring (bicyclic) bond motifs is 9. The van der Waals surface area contributed by atoms with Crippen molar-refractivity contribution in [1.29, 1.82) is 15.8 Å². The van der Waals surface area contributed by atoms with E-state index in [1.807, 2.05) is 31.2 Å². The molecule has 0 radical (unpaired) electrons. The van der Waals surface area contributed by atoms with Crippen molar-refractivity contribution in [1.82, 2.24) is 9.13 Å². The van der Waals surface area contributed by atoms with Gasteiger partial charge >= 0.3 is 0 Å². The van der Waals surface area contributed by atoms with Crippen LogP contribution in [0.2, 0.25) is 0 Å². The van der Waals surface area contributed by atoms with Crippen molar-refractivity contribution in [2.24, 2.45) is 4.99 Å². The summed E-state index contributed by atoms with van der Waals surface area (Å²) in [5.74, 6) is 0. The Hall–Kier alpha value is -8.44. The van der Waals surface area contributed by atoms with Crippen LogP contribution in [-0.4, -0.2) is 15.3 Å². The summed E-state index contributed by atoms with van der Waals surface area (Å²) in [6.07, 6.45) is 3.47. The van der Waals surface area contributed by atoms with E-state index in [-0.39, 0.29) is 16.7 Å². The largest absolute Gasteiger partial charge is 0.454 e. The van der Waals surface area contributed by atoms with Crippen molar-refractivity contribution in [3.8, 4) is 29.6 Å². The number of hydrogen-bond acceptors (Lipinski definition) is 5. The van der Waals surface area contributed by atoms with E-state index in [4.69, 9.17) is 9.41 Å². The van der Waals surface area contributed by atoms with Gasteiger partial charge in [-0.05, 0) is 61.9 Å². The molecule has 0 aliphatic heterocycles. The lowest BCUT2D eigenvalue weighted by Gasteiger charge is -2.22. The zero-order valence-electron chi connectivity index (χ0n) is 32.2. The second-order valence-electron chi connectivity index (χ2n) is 14.5. The van der Waals surface area contributed by atoms with Crippen molar-refractivity contribution in [2.45, 2.75) is 13.8 Å². The molecule has 0 spiro atoms. The van der Waals surface area contributed by atoms with Crippen LogP contribution in [0, 0.1) is 40.9 Å². The van der Waals surface area contributed by atoms with Crippen molar-refractivity contribution in [3.63, 3.8) is 0 Å². The first kappa shape index (κ1) is 35.0. The third-order valence-electron chi connectivity index (χ3n) is 11.4. The number of benzene rings is 7. The second-order valence-corrected chi connectivity index (χ2v) is 14.5. The van der Waals surface area contributed by atoms with Gasteiger partial charge in [-0.3, -0.25) is 4.99 Å². The summed E-state index contributed by atoms with van der Waals surface area (Å²) in [5, 5.41) is 36.2. The summed E-state index contributed by atoms with van der Waals surface area (Å²) in [4.78, 5) is 5.10. The van der Waals surface area contributed by atoms with E-state index in [0.29, 0.717) is 22.4 Å². The third-order valence-corrected chi connectivity index (χ3v) is 11.4. The van der Waals surface area contributed by atoms with Crippen LogP contribution in [0.15, 0.2) is 156 Å². The Balaban J connectivity index is 1.36. The Morgan fingerprint density at radius 3 is 1.54 bits per heavy atom. The first-order valence-corrected chi connectivity index (χ1v) is 19.2. The summed E-state index contributed by atoms with van der Waals surface area (Å²) >= 11 is 0. The van der Waals surface area contributed by atoms with Gasteiger partial charge in [0.05, 0.1) is 74.0 Å². The van der Waals surface area contributed by atoms with Crippen LogP contribution < -0.4 is 0 Å². The highest BCUT2D eigenvalue weighted by molar-refractivity contribution is 6.20. The van der Waals surface area contributed by atoms with Crippen molar-refractivity contribution < 1.29 is 4.42 Å². The van der Waals surface area contributed by atoms with E-state index in [1.54, 1.807) is 6.21 Å². The Kier molecular flexibility index (Phi) is 8.09. The minimum Gasteiger partial charge on any atom is -0.454 e. The maximum atomic E-state index is 10.2. The lowest BCUT2D eigenvalue weighted by Crippen LogP contribution is -2.08. The van der Waals surface area contributed by atoms with Crippen LogP contribution in [-0.2, 0) is 0 Å². The van der Waals surface area contributed by atoms with E-state index in [0.717, 1.165) is 82.5 Å². The zero-order chi connectivity index (χ0) is 40.4. The van der Waals surface area contributed by atoms with E-state index in [9.17, 15) is 15.8 Å². The maximum Gasteiger partial charge on any atom is 0.160 e. The molecule has 0 aliphatic carbocycles. The summed E-state index contributed by atoms with van der Waals surface area (Å²) in [5.41, 5.74) is 11.2. The molecule has 0 aliphatic rings. The van der Waals surface area contributed by atoms with Crippen LogP contribution in [0.3, 0.4) is 0 Å². The molecule has 0 bridgehead atoms. The molecule has 3 aromatic heterocycles. The highest BCUT2D eigenvalue weighted by Crippen LogP contribution is 2.48. The van der Waals surface area contributed by atoms with E-state index < -0.39 is 0 Å². The van der Waals surface area contributed by atoms with Gasteiger partial charge in [0.1, 0.15) is 5.58 Å². The number of nitriles is 3. The predicted molar refractivity (Wildman–Crippen MR) is 239 cm³/mol. The number of para-hydroxylation sites is 5. The van der Waals surface area contributed by atoms with Gasteiger partial charge < -0.3 is 13.6 Å². The molecule has 10 aromatic rings.